The number of carbonyl (C=O) groups is 1. The third-order valence-corrected chi connectivity index (χ3v) is 5.36. The van der Waals surface area contributed by atoms with Crippen LogP contribution in [-0.2, 0) is 0 Å². The zero-order valence-electron chi connectivity index (χ0n) is 14.2. The van der Waals surface area contributed by atoms with Crippen LogP contribution in [0.1, 0.15) is 49.0 Å². The summed E-state index contributed by atoms with van der Waals surface area (Å²) in [4.78, 5) is 11.4. The Balaban J connectivity index is 1.65. The molecule has 5 nitrogen and oxygen atoms in total. The van der Waals surface area contributed by atoms with E-state index in [4.69, 9.17) is 5.73 Å². The van der Waals surface area contributed by atoms with Crippen molar-refractivity contribution in [2.75, 3.05) is 11.9 Å². The molecule has 0 bridgehead atoms. The van der Waals surface area contributed by atoms with E-state index in [1.807, 2.05) is 12.1 Å². The van der Waals surface area contributed by atoms with Crippen molar-refractivity contribution in [1.82, 2.24) is 10.9 Å². The van der Waals surface area contributed by atoms with Gasteiger partial charge in [0.15, 0.2) is 0 Å². The minimum atomic E-state index is -0.390. The molecule has 0 spiro atoms. The molecular weight excluding hydrogens is 300 g/mol. The molecule has 0 aromatic heterocycles. The Labute approximate surface area is 142 Å². The average Bonchev–Trinajstić information content (AvgIpc) is 2.95. The van der Waals surface area contributed by atoms with Gasteiger partial charge in [-0.1, -0.05) is 13.8 Å². The summed E-state index contributed by atoms with van der Waals surface area (Å²) < 4.78 is 0. The molecule has 1 amide bonds. The second-order valence-corrected chi connectivity index (χ2v) is 7.79. The summed E-state index contributed by atoms with van der Waals surface area (Å²) in [6, 6.07) is 5.79. The molecule has 1 aromatic carbocycles. The van der Waals surface area contributed by atoms with Gasteiger partial charge in [-0.3, -0.25) is 4.79 Å². The summed E-state index contributed by atoms with van der Waals surface area (Å²) in [5.41, 5.74) is 19.4. The smallest absolute Gasteiger partial charge is 0.248 e. The van der Waals surface area contributed by atoms with Gasteiger partial charge in [-0.05, 0) is 65.7 Å². The van der Waals surface area contributed by atoms with Crippen LogP contribution in [0.15, 0.2) is 35.0 Å². The summed E-state index contributed by atoms with van der Waals surface area (Å²) >= 11 is 0. The molecule has 5 N–H and O–H groups in total. The Kier molecular flexibility index (Phi) is 3.42. The highest BCUT2D eigenvalue weighted by atomic mass is 16.1. The van der Waals surface area contributed by atoms with Crippen molar-refractivity contribution in [3.63, 3.8) is 0 Å². The molecule has 0 saturated carbocycles. The molecule has 1 aromatic rings. The quantitative estimate of drug-likeness (QED) is 0.674. The summed E-state index contributed by atoms with van der Waals surface area (Å²) in [6.07, 6.45) is 5.62. The van der Waals surface area contributed by atoms with Crippen LogP contribution in [0.3, 0.4) is 0 Å². The van der Waals surface area contributed by atoms with Crippen molar-refractivity contribution >= 4 is 17.7 Å². The predicted molar refractivity (Wildman–Crippen MR) is 96.1 cm³/mol. The summed E-state index contributed by atoms with van der Waals surface area (Å²) in [5, 5.41) is 3.46. The molecular formula is C19H24N4O. The van der Waals surface area contributed by atoms with Gasteiger partial charge in [-0.25, -0.2) is 5.43 Å². The van der Waals surface area contributed by atoms with E-state index in [0.717, 1.165) is 30.6 Å². The maximum atomic E-state index is 11.4. The Morgan fingerprint density at radius 3 is 2.96 bits per heavy atom. The van der Waals surface area contributed by atoms with Crippen LogP contribution in [-0.4, -0.2) is 18.5 Å². The molecule has 2 heterocycles. The molecule has 3 aliphatic rings. The monoisotopic (exact) mass is 324 g/mol. The van der Waals surface area contributed by atoms with Crippen LogP contribution in [0.25, 0.3) is 6.08 Å². The van der Waals surface area contributed by atoms with Crippen LogP contribution >= 0.6 is 0 Å². The highest BCUT2D eigenvalue weighted by Crippen LogP contribution is 2.42. The number of benzene rings is 1. The Bertz CT molecular complexity index is 776. The Hall–Kier alpha value is -2.27. The second kappa shape index (κ2) is 5.38. The van der Waals surface area contributed by atoms with Crippen molar-refractivity contribution < 1.29 is 4.79 Å². The first-order valence-corrected chi connectivity index (χ1v) is 8.55. The van der Waals surface area contributed by atoms with Gasteiger partial charge in [0, 0.05) is 23.5 Å². The van der Waals surface area contributed by atoms with Crippen molar-refractivity contribution in [1.29, 1.82) is 0 Å². The number of fused-ring (bicyclic) bond motifs is 1. The largest absolute Gasteiger partial charge is 0.381 e. The van der Waals surface area contributed by atoms with E-state index in [9.17, 15) is 4.79 Å². The lowest BCUT2D eigenvalue weighted by molar-refractivity contribution is 0.100. The number of allylic oxidation sites excluding steroid dienone is 1. The zero-order valence-corrected chi connectivity index (χ0v) is 14.2. The fraction of sp³-hybridized carbons (Fsp3) is 0.421. The van der Waals surface area contributed by atoms with Crippen LogP contribution in [0.5, 0.6) is 0 Å². The van der Waals surface area contributed by atoms with E-state index < -0.39 is 5.91 Å². The van der Waals surface area contributed by atoms with E-state index >= 15 is 0 Å². The Morgan fingerprint density at radius 2 is 2.17 bits per heavy atom. The first-order valence-electron chi connectivity index (χ1n) is 8.55. The molecule has 4 rings (SSSR count). The maximum Gasteiger partial charge on any atom is 0.248 e. The number of hydrogen-bond acceptors (Lipinski definition) is 4. The minimum absolute atomic E-state index is 0.231. The van der Waals surface area contributed by atoms with Crippen molar-refractivity contribution in [3.05, 3.63) is 46.2 Å². The molecule has 1 aliphatic carbocycles. The number of rotatable bonds is 2. The normalized spacial score (nSPS) is 24.4. The van der Waals surface area contributed by atoms with E-state index in [2.05, 4.69) is 36.1 Å². The van der Waals surface area contributed by atoms with Gasteiger partial charge >= 0.3 is 0 Å². The van der Waals surface area contributed by atoms with Gasteiger partial charge < -0.3 is 16.5 Å². The number of amides is 1. The zero-order chi connectivity index (χ0) is 16.9. The van der Waals surface area contributed by atoms with Crippen LogP contribution < -0.4 is 21.9 Å². The minimum Gasteiger partial charge on any atom is -0.381 e. The molecule has 0 radical (unpaired) electrons. The number of anilines is 1. The predicted octanol–water partition coefficient (Wildman–Crippen LogP) is 2.54. The number of primary amides is 1. The maximum absolute atomic E-state index is 11.4. The van der Waals surface area contributed by atoms with E-state index in [0.29, 0.717) is 11.0 Å². The third-order valence-electron chi connectivity index (χ3n) is 5.36. The molecule has 2 aliphatic heterocycles. The number of carbonyl (C=O) groups excluding carboxylic acids is 1. The lowest BCUT2D eigenvalue weighted by Gasteiger charge is -2.31. The van der Waals surface area contributed by atoms with Crippen LogP contribution in [0.4, 0.5) is 5.69 Å². The van der Waals surface area contributed by atoms with Crippen molar-refractivity contribution in [3.8, 4) is 0 Å². The highest BCUT2D eigenvalue weighted by molar-refractivity contribution is 5.94. The molecule has 5 heteroatoms. The van der Waals surface area contributed by atoms with Gasteiger partial charge in [-0.15, -0.1) is 0 Å². The van der Waals surface area contributed by atoms with E-state index in [1.165, 1.54) is 23.3 Å². The average molecular weight is 324 g/mol. The summed E-state index contributed by atoms with van der Waals surface area (Å²) in [5.74, 6) is -0.390. The highest BCUT2D eigenvalue weighted by Gasteiger charge is 2.36. The molecule has 1 atom stereocenters. The van der Waals surface area contributed by atoms with Gasteiger partial charge in [-0.2, -0.15) is 0 Å². The number of nitrogens with one attached hydrogen (secondary N) is 3. The second-order valence-electron chi connectivity index (χ2n) is 7.79. The van der Waals surface area contributed by atoms with Gasteiger partial charge in [0.1, 0.15) is 0 Å². The molecule has 0 saturated heterocycles. The Morgan fingerprint density at radius 1 is 1.33 bits per heavy atom. The molecule has 1 unspecified atom stereocenters. The summed E-state index contributed by atoms with van der Waals surface area (Å²) in [7, 11) is 0. The lowest BCUT2D eigenvalue weighted by Crippen LogP contribution is -2.36. The first-order chi connectivity index (χ1) is 11.4. The molecule has 0 fully saturated rings. The topological polar surface area (TPSA) is 79.2 Å². The third kappa shape index (κ3) is 2.59. The number of nitrogens with two attached hydrogens (primary N) is 1. The van der Waals surface area contributed by atoms with Crippen molar-refractivity contribution in [2.24, 2.45) is 11.1 Å². The van der Waals surface area contributed by atoms with Crippen molar-refractivity contribution in [2.45, 2.75) is 39.2 Å². The number of hydrogen-bond donors (Lipinski definition) is 4. The van der Waals surface area contributed by atoms with E-state index in [-0.39, 0.29) is 6.04 Å². The number of hydrazine groups is 1. The van der Waals surface area contributed by atoms with Crippen LogP contribution in [0, 0.1) is 5.41 Å². The lowest BCUT2D eigenvalue weighted by atomic mass is 9.75. The molecule has 126 valence electrons. The SMILES string of the molecule is CC1(C)CCC2=C(C1)NNC2C1=Cc2cc(C(N)=O)ccc2NC1. The fourth-order valence-electron chi connectivity index (χ4n) is 3.94. The fourth-order valence-corrected chi connectivity index (χ4v) is 3.94. The molecule has 24 heavy (non-hydrogen) atoms. The van der Waals surface area contributed by atoms with Gasteiger partial charge in [0.2, 0.25) is 5.91 Å². The summed E-state index contributed by atoms with van der Waals surface area (Å²) in [6.45, 7) is 5.46. The van der Waals surface area contributed by atoms with E-state index in [1.54, 1.807) is 6.07 Å². The van der Waals surface area contributed by atoms with Gasteiger partial charge in [0.25, 0.3) is 0 Å². The first kappa shape index (κ1) is 15.3. The van der Waals surface area contributed by atoms with Crippen LogP contribution in [0.2, 0.25) is 0 Å². The van der Waals surface area contributed by atoms with Gasteiger partial charge in [0.05, 0.1) is 6.04 Å². The standard InChI is InChI=1S/C19H24N4O/c1-19(2)6-5-14-16(9-19)22-23-17(14)13-8-12-7-11(18(20)24)3-4-15(12)21-10-13/h3-4,7-8,17,21-23H,5-6,9-10H2,1-2H3,(H2,20,24).